The monoisotopic (exact) mass is 450 g/mol. The van der Waals surface area contributed by atoms with Gasteiger partial charge >= 0.3 is 6.18 Å². The topological polar surface area (TPSA) is 41.6 Å². The Morgan fingerprint density at radius 1 is 0.969 bits per heavy atom. The zero-order valence-electron chi connectivity index (χ0n) is 18.7. The van der Waals surface area contributed by atoms with Crippen molar-refractivity contribution in [3.63, 3.8) is 0 Å². The number of fused-ring (bicyclic) bond motifs is 1. The van der Waals surface area contributed by atoms with Crippen LogP contribution in [0, 0.1) is 0 Å². The van der Waals surface area contributed by atoms with Gasteiger partial charge < -0.3 is 4.74 Å². The number of nitrogens with one attached hydrogen (secondary N) is 1. The number of amides is 1. The van der Waals surface area contributed by atoms with E-state index in [0.717, 1.165) is 17.9 Å². The molecule has 1 aliphatic rings. The van der Waals surface area contributed by atoms with Crippen LogP contribution in [0.15, 0.2) is 36.4 Å². The molecule has 1 heterocycles. The summed E-state index contributed by atoms with van der Waals surface area (Å²) in [5.41, 5.74) is 2.47. The normalized spacial score (nSPS) is 15.8. The first-order chi connectivity index (χ1) is 15.4. The second kappa shape index (κ2) is 11.5. The highest BCUT2D eigenvalue weighted by atomic mass is 19.4. The first kappa shape index (κ1) is 24.4. The number of nitrogens with zero attached hydrogens (tertiary/aromatic N) is 1. The summed E-state index contributed by atoms with van der Waals surface area (Å²) in [7, 11) is 0. The van der Waals surface area contributed by atoms with Gasteiger partial charge in [0.2, 0.25) is 5.91 Å². The molecule has 0 bridgehead atoms. The smallest absolute Gasteiger partial charge is 0.409 e. The van der Waals surface area contributed by atoms with Crippen molar-refractivity contribution in [3.8, 4) is 5.75 Å². The van der Waals surface area contributed by atoms with Gasteiger partial charge in [-0.3, -0.25) is 10.2 Å². The SMILES string of the molecule is CCCCCCCCCCOc1ccc([C@H](N2CCC(=O)N2)C(F)(F)F)c2ccccc12. The van der Waals surface area contributed by atoms with E-state index in [0.29, 0.717) is 23.1 Å². The molecular formula is C25H33F3N2O2. The van der Waals surface area contributed by atoms with E-state index in [4.69, 9.17) is 4.74 Å². The van der Waals surface area contributed by atoms with Gasteiger partial charge in [0.15, 0.2) is 6.04 Å². The molecule has 0 radical (unpaired) electrons. The van der Waals surface area contributed by atoms with Crippen LogP contribution in [-0.4, -0.2) is 30.2 Å². The van der Waals surface area contributed by atoms with Crippen molar-refractivity contribution in [2.75, 3.05) is 13.2 Å². The molecule has 2 aromatic rings. The highest BCUT2D eigenvalue weighted by molar-refractivity contribution is 5.91. The molecule has 0 spiro atoms. The van der Waals surface area contributed by atoms with E-state index in [1.165, 1.54) is 44.6 Å². The van der Waals surface area contributed by atoms with E-state index in [1.807, 2.05) is 0 Å². The Hall–Kier alpha value is -2.28. The van der Waals surface area contributed by atoms with Crippen molar-refractivity contribution in [1.82, 2.24) is 10.4 Å². The van der Waals surface area contributed by atoms with Gasteiger partial charge in [-0.15, -0.1) is 0 Å². The summed E-state index contributed by atoms with van der Waals surface area (Å²) in [4.78, 5) is 11.6. The second-order valence-electron chi connectivity index (χ2n) is 8.44. The van der Waals surface area contributed by atoms with E-state index in [1.54, 1.807) is 30.3 Å². The molecule has 0 saturated carbocycles. The number of unbranched alkanes of at least 4 members (excludes halogenated alkanes) is 7. The summed E-state index contributed by atoms with van der Waals surface area (Å²) in [5.74, 6) is 0.201. The minimum atomic E-state index is -4.53. The van der Waals surface area contributed by atoms with Gasteiger partial charge in [0.25, 0.3) is 0 Å². The predicted octanol–water partition coefficient (Wildman–Crippen LogP) is 6.70. The van der Waals surface area contributed by atoms with Crippen molar-refractivity contribution in [1.29, 1.82) is 0 Å². The van der Waals surface area contributed by atoms with Crippen LogP contribution in [-0.2, 0) is 4.79 Å². The molecule has 2 aromatic carbocycles. The minimum absolute atomic E-state index is 0.0219. The number of benzene rings is 2. The van der Waals surface area contributed by atoms with Crippen LogP contribution in [0.4, 0.5) is 13.2 Å². The Morgan fingerprint density at radius 2 is 1.62 bits per heavy atom. The fourth-order valence-electron chi connectivity index (χ4n) is 4.29. The Kier molecular flexibility index (Phi) is 8.79. The standard InChI is InChI=1S/C25H33F3N2O2/c1-2-3-4-5-6-7-8-11-18-32-22-15-14-21(19-12-9-10-13-20(19)22)24(25(26,27)28)30-17-16-23(31)29-30/h9-10,12-15,24H,2-8,11,16-18H2,1H3,(H,29,31)/t24-/m0/s1. The number of carbonyl (C=O) groups excluding carboxylic acids is 1. The van der Waals surface area contributed by atoms with Crippen molar-refractivity contribution in [2.45, 2.75) is 76.9 Å². The Bertz CT molecular complexity index is 885. The van der Waals surface area contributed by atoms with Crippen molar-refractivity contribution in [2.24, 2.45) is 0 Å². The van der Waals surface area contributed by atoms with Gasteiger partial charge in [-0.25, -0.2) is 5.01 Å². The third-order valence-corrected chi connectivity index (χ3v) is 5.94. The average Bonchev–Trinajstić information content (AvgIpc) is 3.18. The largest absolute Gasteiger partial charge is 0.493 e. The van der Waals surface area contributed by atoms with E-state index in [-0.39, 0.29) is 18.5 Å². The number of hydrogen-bond acceptors (Lipinski definition) is 3. The molecular weight excluding hydrogens is 417 g/mol. The fraction of sp³-hybridized carbons (Fsp3) is 0.560. The average molecular weight is 451 g/mol. The predicted molar refractivity (Wildman–Crippen MR) is 120 cm³/mol. The number of hydrazine groups is 1. The molecule has 0 aromatic heterocycles. The molecule has 7 heteroatoms. The summed E-state index contributed by atoms with van der Waals surface area (Å²) in [6.07, 6.45) is 5.09. The van der Waals surface area contributed by atoms with Crippen molar-refractivity contribution in [3.05, 3.63) is 42.0 Å². The molecule has 0 aliphatic carbocycles. The molecule has 0 unspecified atom stereocenters. The van der Waals surface area contributed by atoms with Gasteiger partial charge in [0, 0.05) is 18.4 Å². The lowest BCUT2D eigenvalue weighted by atomic mass is 9.97. The van der Waals surface area contributed by atoms with Crippen LogP contribution in [0.2, 0.25) is 0 Å². The van der Waals surface area contributed by atoms with E-state index < -0.39 is 18.1 Å². The minimum Gasteiger partial charge on any atom is -0.493 e. The maximum atomic E-state index is 14.0. The lowest BCUT2D eigenvalue weighted by Gasteiger charge is -2.30. The first-order valence-electron chi connectivity index (χ1n) is 11.7. The van der Waals surface area contributed by atoms with Gasteiger partial charge in [-0.2, -0.15) is 13.2 Å². The van der Waals surface area contributed by atoms with Gasteiger partial charge in [-0.1, -0.05) is 82.2 Å². The summed E-state index contributed by atoms with van der Waals surface area (Å²) in [5, 5.41) is 2.14. The summed E-state index contributed by atoms with van der Waals surface area (Å²) >= 11 is 0. The third-order valence-electron chi connectivity index (χ3n) is 5.94. The van der Waals surface area contributed by atoms with Crippen LogP contribution in [0.5, 0.6) is 5.75 Å². The lowest BCUT2D eigenvalue weighted by molar-refractivity contribution is -0.190. The molecule has 4 nitrogen and oxygen atoms in total. The molecule has 1 saturated heterocycles. The zero-order chi connectivity index (χ0) is 23.0. The van der Waals surface area contributed by atoms with E-state index in [2.05, 4.69) is 12.3 Å². The van der Waals surface area contributed by atoms with Crippen LogP contribution in [0.25, 0.3) is 10.8 Å². The van der Waals surface area contributed by atoms with Crippen LogP contribution >= 0.6 is 0 Å². The van der Waals surface area contributed by atoms with Gasteiger partial charge in [-0.05, 0) is 23.4 Å². The first-order valence-corrected chi connectivity index (χ1v) is 11.7. The molecule has 1 amide bonds. The molecule has 176 valence electrons. The zero-order valence-corrected chi connectivity index (χ0v) is 18.7. The number of ether oxygens (including phenoxy) is 1. The van der Waals surface area contributed by atoms with Gasteiger partial charge in [0.1, 0.15) is 5.75 Å². The summed E-state index contributed by atoms with van der Waals surface area (Å²) < 4.78 is 48.0. The van der Waals surface area contributed by atoms with E-state index >= 15 is 0 Å². The lowest BCUT2D eigenvalue weighted by Crippen LogP contribution is -2.43. The summed E-state index contributed by atoms with van der Waals surface area (Å²) in [6.45, 7) is 2.78. The molecule has 32 heavy (non-hydrogen) atoms. The summed E-state index contributed by atoms with van der Waals surface area (Å²) in [6, 6.07) is 8.20. The van der Waals surface area contributed by atoms with E-state index in [9.17, 15) is 18.0 Å². The number of carbonyl (C=O) groups is 1. The number of halogens is 3. The van der Waals surface area contributed by atoms with Crippen molar-refractivity contribution < 1.29 is 22.7 Å². The number of hydrogen-bond donors (Lipinski definition) is 1. The van der Waals surface area contributed by atoms with Gasteiger partial charge in [0.05, 0.1) is 6.61 Å². The maximum Gasteiger partial charge on any atom is 0.409 e. The quantitative estimate of drug-likeness (QED) is 0.366. The number of alkyl halides is 3. The molecule has 1 fully saturated rings. The molecule has 3 rings (SSSR count). The molecule has 1 atom stereocenters. The molecule has 1 N–H and O–H groups in total. The fourth-order valence-corrected chi connectivity index (χ4v) is 4.29. The Morgan fingerprint density at radius 3 is 2.25 bits per heavy atom. The second-order valence-corrected chi connectivity index (χ2v) is 8.44. The Balaban J connectivity index is 1.68. The number of rotatable bonds is 12. The van der Waals surface area contributed by atoms with Crippen molar-refractivity contribution >= 4 is 16.7 Å². The Labute approximate surface area is 188 Å². The maximum absolute atomic E-state index is 14.0. The highest BCUT2D eigenvalue weighted by Crippen LogP contribution is 2.42. The third kappa shape index (κ3) is 6.37. The van der Waals surface area contributed by atoms with Crippen LogP contribution in [0.3, 0.4) is 0 Å². The molecule has 1 aliphatic heterocycles. The van der Waals surface area contributed by atoms with Crippen LogP contribution in [0.1, 0.15) is 76.3 Å². The highest BCUT2D eigenvalue weighted by Gasteiger charge is 2.47. The van der Waals surface area contributed by atoms with Crippen LogP contribution < -0.4 is 10.2 Å².